The van der Waals surface area contributed by atoms with Crippen LogP contribution in [-0.4, -0.2) is 25.2 Å². The molecule has 4 aromatic carbocycles. The Morgan fingerprint density at radius 1 is 0.476 bits per heavy atom. The van der Waals surface area contributed by atoms with Crippen molar-refractivity contribution in [2.45, 2.75) is 51.6 Å². The van der Waals surface area contributed by atoms with Crippen LogP contribution in [0.3, 0.4) is 0 Å². The number of rotatable bonds is 6. The SMILES string of the molecule is CC(C)N1[C]N(C[C@H]2C3c4ccccc4C(c4ccccc43)[C@@H]2CN2[C]N(C(C)C)c3ccccc32)c2ccccc21. The summed E-state index contributed by atoms with van der Waals surface area (Å²) in [6, 6.07) is 36.8. The van der Waals surface area contributed by atoms with Gasteiger partial charge < -0.3 is 19.6 Å². The minimum atomic E-state index is 0.341. The van der Waals surface area contributed by atoms with Crippen molar-refractivity contribution in [1.82, 2.24) is 0 Å². The molecule has 4 radical (unpaired) electrons. The Labute approximate surface area is 251 Å². The molecule has 2 atom stereocenters. The lowest BCUT2D eigenvalue weighted by Gasteiger charge is -2.52. The van der Waals surface area contributed by atoms with Gasteiger partial charge in [0.2, 0.25) is 13.3 Å². The predicted octanol–water partition coefficient (Wildman–Crippen LogP) is 7.97. The summed E-state index contributed by atoms with van der Waals surface area (Å²) in [5.74, 6) is 1.51. The average molecular weight is 551 g/mol. The van der Waals surface area contributed by atoms with Crippen molar-refractivity contribution in [1.29, 1.82) is 0 Å². The van der Waals surface area contributed by atoms with Crippen LogP contribution in [0.5, 0.6) is 0 Å². The maximum absolute atomic E-state index is 3.79. The molecule has 5 aliphatic rings. The van der Waals surface area contributed by atoms with Gasteiger partial charge in [-0.05, 0) is 86.1 Å². The van der Waals surface area contributed by atoms with E-state index in [0.717, 1.165) is 13.1 Å². The van der Waals surface area contributed by atoms with Crippen LogP contribution in [-0.2, 0) is 0 Å². The van der Waals surface area contributed by atoms with E-state index in [-0.39, 0.29) is 0 Å². The minimum Gasteiger partial charge on any atom is -0.339 e. The fourth-order valence-electron chi connectivity index (χ4n) is 8.14. The summed E-state index contributed by atoms with van der Waals surface area (Å²) in [6.45, 7) is 18.4. The quantitative estimate of drug-likeness (QED) is 0.241. The fourth-order valence-corrected chi connectivity index (χ4v) is 8.14. The summed E-state index contributed by atoms with van der Waals surface area (Å²) in [5.41, 5.74) is 11.1. The summed E-state index contributed by atoms with van der Waals surface area (Å²) in [5, 5.41) is 0. The lowest BCUT2D eigenvalue weighted by Crippen LogP contribution is -2.49. The van der Waals surface area contributed by atoms with Crippen LogP contribution in [0.2, 0.25) is 0 Å². The van der Waals surface area contributed by atoms with E-state index in [1.54, 1.807) is 0 Å². The van der Waals surface area contributed by atoms with E-state index in [0.29, 0.717) is 35.8 Å². The molecular weight excluding hydrogens is 512 g/mol. The maximum Gasteiger partial charge on any atom is 0.209 e. The number of benzene rings is 4. The van der Waals surface area contributed by atoms with Gasteiger partial charge in [-0.15, -0.1) is 0 Å². The second kappa shape index (κ2) is 9.83. The van der Waals surface area contributed by atoms with Crippen molar-refractivity contribution in [3.05, 3.63) is 133 Å². The zero-order valence-corrected chi connectivity index (χ0v) is 24.9. The van der Waals surface area contributed by atoms with Crippen LogP contribution in [0.15, 0.2) is 97.1 Å². The molecule has 0 N–H and O–H groups in total. The molecule has 2 bridgehead atoms. The van der Waals surface area contributed by atoms with Gasteiger partial charge in [0.25, 0.3) is 0 Å². The van der Waals surface area contributed by atoms with Gasteiger partial charge in [0.1, 0.15) is 0 Å². The summed E-state index contributed by atoms with van der Waals surface area (Å²) in [6.07, 6.45) is 0. The predicted molar refractivity (Wildman–Crippen MR) is 173 cm³/mol. The third-order valence-corrected chi connectivity index (χ3v) is 9.88. The highest BCUT2D eigenvalue weighted by Gasteiger charge is 2.51. The first-order chi connectivity index (χ1) is 20.5. The summed E-state index contributed by atoms with van der Waals surface area (Å²) >= 11 is 0. The molecule has 9 rings (SSSR count). The number of nitrogens with zero attached hydrogens (tertiary/aromatic N) is 4. The molecule has 210 valence electrons. The van der Waals surface area contributed by atoms with Crippen molar-refractivity contribution >= 4 is 22.7 Å². The number of hydrogen-bond donors (Lipinski definition) is 0. The van der Waals surface area contributed by atoms with Crippen molar-refractivity contribution in [3.63, 3.8) is 0 Å². The van der Waals surface area contributed by atoms with Gasteiger partial charge in [0, 0.05) is 37.0 Å². The van der Waals surface area contributed by atoms with Crippen LogP contribution < -0.4 is 19.6 Å². The molecule has 0 spiro atoms. The van der Waals surface area contributed by atoms with E-state index < -0.39 is 0 Å². The molecule has 0 saturated heterocycles. The minimum absolute atomic E-state index is 0.341. The maximum atomic E-state index is 3.79. The number of fused-ring (bicyclic) bond motifs is 3. The van der Waals surface area contributed by atoms with Gasteiger partial charge in [-0.3, -0.25) is 0 Å². The van der Waals surface area contributed by atoms with Gasteiger partial charge >= 0.3 is 0 Å². The lowest BCUT2D eigenvalue weighted by molar-refractivity contribution is 0.239. The van der Waals surface area contributed by atoms with Gasteiger partial charge in [0.15, 0.2) is 0 Å². The van der Waals surface area contributed by atoms with Crippen molar-refractivity contribution in [2.24, 2.45) is 11.8 Å². The first-order valence-electron chi connectivity index (χ1n) is 15.5. The molecule has 0 saturated carbocycles. The highest BCUT2D eigenvalue weighted by Crippen LogP contribution is 2.59. The molecule has 0 unspecified atom stereocenters. The van der Waals surface area contributed by atoms with Gasteiger partial charge in [-0.1, -0.05) is 72.8 Å². The molecule has 4 aromatic rings. The number of anilines is 4. The molecule has 4 heteroatoms. The number of para-hydroxylation sites is 4. The van der Waals surface area contributed by atoms with E-state index in [1.165, 1.54) is 45.0 Å². The number of hydrogen-bond acceptors (Lipinski definition) is 4. The normalized spacial score (nSPS) is 23.5. The Hall–Kier alpha value is -3.92. The molecular formula is C38H38N4. The van der Waals surface area contributed by atoms with Crippen molar-refractivity contribution in [3.8, 4) is 0 Å². The Morgan fingerprint density at radius 2 is 0.786 bits per heavy atom. The summed E-state index contributed by atoms with van der Waals surface area (Å²) < 4.78 is 0. The van der Waals surface area contributed by atoms with Gasteiger partial charge in [0.05, 0.1) is 22.7 Å². The van der Waals surface area contributed by atoms with Crippen LogP contribution in [0.4, 0.5) is 22.7 Å². The molecule has 2 aliphatic heterocycles. The van der Waals surface area contributed by atoms with Gasteiger partial charge in [-0.2, -0.15) is 0 Å². The Morgan fingerprint density at radius 3 is 1.12 bits per heavy atom. The Balaban J connectivity index is 1.23. The van der Waals surface area contributed by atoms with E-state index >= 15 is 0 Å². The van der Waals surface area contributed by atoms with Crippen LogP contribution in [0.1, 0.15) is 61.8 Å². The topological polar surface area (TPSA) is 13.0 Å². The highest BCUT2D eigenvalue weighted by molar-refractivity contribution is 5.80. The van der Waals surface area contributed by atoms with E-state index in [9.17, 15) is 0 Å². The third kappa shape index (κ3) is 3.80. The van der Waals surface area contributed by atoms with E-state index in [2.05, 4.69) is 158 Å². The Bertz CT molecular complexity index is 1460. The van der Waals surface area contributed by atoms with Crippen LogP contribution in [0, 0.1) is 25.2 Å². The molecule has 3 aliphatic carbocycles. The second-order valence-corrected chi connectivity index (χ2v) is 12.9. The zero-order chi connectivity index (χ0) is 28.5. The first-order valence-corrected chi connectivity index (χ1v) is 15.5. The molecule has 2 heterocycles. The standard InChI is InChI=1S/C38H38N4/c1-25(2)41-23-39(33-17-9-11-19-35(33)41)21-31-32(22-40-24-42(26(3)4)36-20-12-10-18-34(36)40)38-29-15-7-5-13-27(29)37(31)28-14-6-8-16-30(28)38/h5-20,25-26,31-32,37-38H,21-22H2,1-4H3/t31-,32-,37?,38?/m1/s1. The molecule has 0 aromatic heterocycles. The summed E-state index contributed by atoms with van der Waals surface area (Å²) in [4.78, 5) is 9.47. The van der Waals surface area contributed by atoms with E-state index in [1.807, 2.05) is 0 Å². The van der Waals surface area contributed by atoms with Crippen molar-refractivity contribution < 1.29 is 0 Å². The molecule has 0 fully saturated rings. The zero-order valence-electron chi connectivity index (χ0n) is 24.9. The lowest BCUT2D eigenvalue weighted by atomic mass is 9.54. The second-order valence-electron chi connectivity index (χ2n) is 12.9. The smallest absolute Gasteiger partial charge is 0.209 e. The third-order valence-electron chi connectivity index (χ3n) is 9.88. The molecule has 42 heavy (non-hydrogen) atoms. The Kier molecular flexibility index (Phi) is 6.03. The monoisotopic (exact) mass is 550 g/mol. The molecule has 4 nitrogen and oxygen atoms in total. The highest BCUT2D eigenvalue weighted by atomic mass is 15.4. The van der Waals surface area contributed by atoms with E-state index in [4.69, 9.17) is 0 Å². The van der Waals surface area contributed by atoms with Crippen LogP contribution >= 0.6 is 0 Å². The van der Waals surface area contributed by atoms with Gasteiger partial charge in [-0.25, -0.2) is 0 Å². The first kappa shape index (κ1) is 25.8. The fraction of sp³-hybridized carbons (Fsp3) is 0.316. The van der Waals surface area contributed by atoms with Crippen molar-refractivity contribution in [2.75, 3.05) is 32.7 Å². The van der Waals surface area contributed by atoms with Crippen LogP contribution in [0.25, 0.3) is 0 Å². The largest absolute Gasteiger partial charge is 0.339 e. The summed E-state index contributed by atoms with van der Waals surface area (Å²) in [7, 11) is 0. The molecule has 0 amide bonds. The average Bonchev–Trinajstić information content (AvgIpc) is 3.57.